The molecule has 0 aliphatic carbocycles. The van der Waals surface area contributed by atoms with Gasteiger partial charge >= 0.3 is 0 Å². The van der Waals surface area contributed by atoms with Crippen LogP contribution in [-0.2, 0) is 9.84 Å². The van der Waals surface area contributed by atoms with Crippen LogP contribution in [0.3, 0.4) is 0 Å². The van der Waals surface area contributed by atoms with Crippen LogP contribution in [0.4, 0.5) is 5.69 Å². The number of aromatic nitrogens is 1. The average molecular weight is 451 g/mol. The van der Waals surface area contributed by atoms with Crippen LogP contribution in [0, 0.1) is 20.8 Å². The molecule has 154 valence electrons. The van der Waals surface area contributed by atoms with Crippen LogP contribution in [0.2, 0.25) is 5.02 Å². The van der Waals surface area contributed by atoms with Gasteiger partial charge in [0.05, 0.1) is 22.9 Å². The van der Waals surface area contributed by atoms with Crippen LogP contribution in [0.5, 0.6) is 0 Å². The van der Waals surface area contributed by atoms with E-state index in [0.717, 1.165) is 39.1 Å². The van der Waals surface area contributed by atoms with E-state index in [9.17, 15) is 8.42 Å². The zero-order valence-electron chi connectivity index (χ0n) is 16.6. The summed E-state index contributed by atoms with van der Waals surface area (Å²) in [6.07, 6.45) is 0.674. The number of halogens is 1. The summed E-state index contributed by atoms with van der Waals surface area (Å²) in [7, 11) is -2.93. The van der Waals surface area contributed by atoms with Crippen molar-refractivity contribution in [2.45, 2.75) is 33.2 Å². The molecule has 3 heterocycles. The van der Waals surface area contributed by atoms with Gasteiger partial charge in [0.25, 0.3) is 0 Å². The Labute approximate surface area is 180 Å². The molecule has 0 bridgehead atoms. The molecular weight excluding hydrogens is 428 g/mol. The van der Waals surface area contributed by atoms with Crippen molar-refractivity contribution in [2.24, 2.45) is 10.1 Å². The molecule has 0 amide bonds. The second kappa shape index (κ2) is 7.81. The van der Waals surface area contributed by atoms with Crippen molar-refractivity contribution in [1.29, 1.82) is 0 Å². The molecule has 1 unspecified atom stereocenters. The van der Waals surface area contributed by atoms with Crippen LogP contribution in [-0.4, -0.2) is 41.1 Å². The molecule has 2 aliphatic heterocycles. The van der Waals surface area contributed by atoms with E-state index in [-0.39, 0.29) is 17.5 Å². The molecule has 1 aromatic heterocycles. The summed E-state index contributed by atoms with van der Waals surface area (Å²) in [4.78, 5) is 4.64. The molecule has 1 N–H and O–H groups in total. The summed E-state index contributed by atoms with van der Waals surface area (Å²) < 4.78 is 26.0. The molecule has 0 saturated carbocycles. The van der Waals surface area contributed by atoms with Crippen molar-refractivity contribution in [3.8, 4) is 0 Å². The predicted molar refractivity (Wildman–Crippen MR) is 122 cm³/mol. The molecule has 0 radical (unpaired) electrons. The molecule has 1 aromatic carbocycles. The van der Waals surface area contributed by atoms with Gasteiger partial charge < -0.3 is 4.57 Å². The van der Waals surface area contributed by atoms with Gasteiger partial charge in [0.1, 0.15) is 0 Å². The number of nitrogens with zero attached hydrogens (tertiary/aromatic N) is 3. The summed E-state index contributed by atoms with van der Waals surface area (Å²) in [5.74, 6) is 1.18. The minimum absolute atomic E-state index is 0.0153. The van der Waals surface area contributed by atoms with Crippen LogP contribution in [0.1, 0.15) is 35.0 Å². The van der Waals surface area contributed by atoms with Crippen molar-refractivity contribution in [1.82, 2.24) is 9.99 Å². The third kappa shape index (κ3) is 4.11. The van der Waals surface area contributed by atoms with Gasteiger partial charge in [0.2, 0.25) is 0 Å². The van der Waals surface area contributed by atoms with Crippen LogP contribution >= 0.6 is 23.4 Å². The number of rotatable bonds is 3. The highest BCUT2D eigenvalue weighted by Crippen LogP contribution is 2.31. The summed E-state index contributed by atoms with van der Waals surface area (Å²) >= 11 is 7.77. The maximum absolute atomic E-state index is 11.9. The van der Waals surface area contributed by atoms with E-state index in [2.05, 4.69) is 26.2 Å². The Balaban J connectivity index is 1.57. The Morgan fingerprint density at radius 3 is 2.76 bits per heavy atom. The number of hydrazone groups is 1. The first-order valence-corrected chi connectivity index (χ1v) is 12.6. The largest absolute Gasteiger partial charge is 0.344 e. The molecular formula is C20H23ClN4O2S2. The summed E-state index contributed by atoms with van der Waals surface area (Å²) in [6.45, 7) is 6.02. The maximum Gasteiger partial charge on any atom is 0.182 e. The first kappa shape index (κ1) is 20.5. The smallest absolute Gasteiger partial charge is 0.182 e. The average Bonchev–Trinajstić information content (AvgIpc) is 3.17. The number of aryl methyl sites for hydroxylation is 1. The minimum Gasteiger partial charge on any atom is -0.344 e. The fourth-order valence-corrected chi connectivity index (χ4v) is 6.58. The quantitative estimate of drug-likeness (QED) is 0.761. The molecule has 2 aromatic rings. The highest BCUT2D eigenvalue weighted by molar-refractivity contribution is 8.14. The van der Waals surface area contributed by atoms with Crippen LogP contribution in [0.15, 0.2) is 34.4 Å². The molecule has 2 aliphatic rings. The lowest BCUT2D eigenvalue weighted by Gasteiger charge is -2.18. The van der Waals surface area contributed by atoms with E-state index in [1.165, 1.54) is 0 Å². The van der Waals surface area contributed by atoms with Gasteiger partial charge in [0.15, 0.2) is 15.0 Å². The number of thioether (sulfide) groups is 1. The lowest BCUT2D eigenvalue weighted by molar-refractivity contribution is 0.535. The molecule has 9 heteroatoms. The third-order valence-electron chi connectivity index (χ3n) is 5.46. The number of nitrogens with one attached hydrogen (secondary N) is 1. The molecule has 1 fully saturated rings. The standard InChI is InChI=1S/C20H23ClN4O2S2/c1-12-9-16(14(3)25(12)15-7-8-29(26,27)11-15)19-10-28-20(24-23-19)22-18-6-4-5-17(21)13(18)2/h4-6,9,15H,7-8,10-11H2,1-3H3,(H,22,24). The monoisotopic (exact) mass is 450 g/mol. The number of amidine groups is 1. The van der Waals surface area contributed by atoms with Gasteiger partial charge in [-0.25, -0.2) is 13.4 Å². The molecule has 4 rings (SSSR count). The van der Waals surface area contributed by atoms with Gasteiger partial charge in [-0.3, -0.25) is 5.43 Å². The van der Waals surface area contributed by atoms with Crippen molar-refractivity contribution < 1.29 is 8.42 Å². The van der Waals surface area contributed by atoms with Crippen molar-refractivity contribution >= 4 is 49.8 Å². The fraction of sp³-hybridized carbons (Fsp3) is 0.400. The first-order valence-electron chi connectivity index (χ1n) is 9.43. The Bertz CT molecular complexity index is 1140. The number of hydrogen-bond donors (Lipinski definition) is 1. The van der Waals surface area contributed by atoms with E-state index in [1.54, 1.807) is 11.8 Å². The summed E-state index contributed by atoms with van der Waals surface area (Å²) in [6, 6.07) is 7.78. The lowest BCUT2D eigenvalue weighted by Crippen LogP contribution is -2.25. The fourth-order valence-electron chi connectivity index (χ4n) is 3.95. The van der Waals surface area contributed by atoms with Crippen molar-refractivity contribution in [3.63, 3.8) is 0 Å². The molecule has 29 heavy (non-hydrogen) atoms. The SMILES string of the molecule is Cc1c(Cl)cccc1N=C1NN=C(c2cc(C)n(C3CCS(=O)(=O)C3)c2C)CS1. The Kier molecular flexibility index (Phi) is 5.52. The van der Waals surface area contributed by atoms with Gasteiger partial charge in [-0.05, 0) is 51.0 Å². The van der Waals surface area contributed by atoms with Gasteiger partial charge in [-0.1, -0.05) is 29.4 Å². The molecule has 1 saturated heterocycles. The van der Waals surface area contributed by atoms with E-state index in [0.29, 0.717) is 17.2 Å². The molecule has 0 spiro atoms. The number of sulfone groups is 1. The maximum atomic E-state index is 11.9. The second-order valence-corrected chi connectivity index (χ2v) is 11.1. The zero-order valence-corrected chi connectivity index (χ0v) is 19.0. The van der Waals surface area contributed by atoms with Gasteiger partial charge in [-0.2, -0.15) is 5.10 Å². The topological polar surface area (TPSA) is 75.8 Å². The third-order valence-corrected chi connectivity index (χ3v) is 8.50. The highest BCUT2D eigenvalue weighted by Gasteiger charge is 2.31. The van der Waals surface area contributed by atoms with E-state index in [1.807, 2.05) is 39.0 Å². The minimum atomic E-state index is -2.93. The van der Waals surface area contributed by atoms with Crippen LogP contribution < -0.4 is 5.43 Å². The van der Waals surface area contributed by atoms with Crippen LogP contribution in [0.25, 0.3) is 0 Å². The summed E-state index contributed by atoms with van der Waals surface area (Å²) in [5.41, 5.74) is 8.96. The van der Waals surface area contributed by atoms with Crippen molar-refractivity contribution in [2.75, 3.05) is 17.3 Å². The summed E-state index contributed by atoms with van der Waals surface area (Å²) in [5, 5.41) is 5.97. The van der Waals surface area contributed by atoms with E-state index >= 15 is 0 Å². The number of benzene rings is 1. The zero-order chi connectivity index (χ0) is 20.8. The Morgan fingerprint density at radius 2 is 2.10 bits per heavy atom. The van der Waals surface area contributed by atoms with Crippen molar-refractivity contribution in [3.05, 3.63) is 51.8 Å². The van der Waals surface area contributed by atoms with E-state index in [4.69, 9.17) is 11.6 Å². The highest BCUT2D eigenvalue weighted by atomic mass is 35.5. The molecule has 6 nitrogen and oxygen atoms in total. The van der Waals surface area contributed by atoms with Gasteiger partial charge in [0, 0.05) is 33.8 Å². The number of hydrogen-bond acceptors (Lipinski definition) is 5. The molecule has 1 atom stereocenters. The van der Waals surface area contributed by atoms with E-state index < -0.39 is 9.84 Å². The lowest BCUT2D eigenvalue weighted by atomic mass is 10.1. The van der Waals surface area contributed by atoms with Gasteiger partial charge in [-0.15, -0.1) is 0 Å². The normalized spacial score (nSPS) is 22.6. The Hall–Kier alpha value is -1.77. The second-order valence-electron chi connectivity index (χ2n) is 7.47. The first-order chi connectivity index (χ1) is 13.7. The number of aliphatic imine (C=N–C) groups is 1. The predicted octanol–water partition coefficient (Wildman–Crippen LogP) is 4.15. The Morgan fingerprint density at radius 1 is 1.31 bits per heavy atom.